The Balaban J connectivity index is 1.56. The maximum Gasteiger partial charge on any atom is 0.270 e. The molecule has 1 fully saturated rings. The highest BCUT2D eigenvalue weighted by Crippen LogP contribution is 2.23. The normalized spacial score (nSPS) is 18.2. The number of benzene rings is 1. The number of halogens is 2. The second-order valence-electron chi connectivity index (χ2n) is 6.13. The number of rotatable bonds is 4. The fraction of sp³-hybridized carbons (Fsp3) is 0.389. The molecule has 1 amide bonds. The number of H-pyrrole nitrogens is 1. The van der Waals surface area contributed by atoms with Crippen LogP contribution in [0.2, 0.25) is 0 Å². The molecular weight excluding hydrogens is 298 g/mol. The number of nitrogens with zero attached hydrogens (tertiary/aromatic N) is 1. The number of piperidine rings is 1. The van der Waals surface area contributed by atoms with Gasteiger partial charge in [0.2, 0.25) is 0 Å². The highest BCUT2D eigenvalue weighted by Gasteiger charge is 2.24. The minimum absolute atomic E-state index is 0.0347. The fourth-order valence-corrected chi connectivity index (χ4v) is 3.18. The van der Waals surface area contributed by atoms with Crippen molar-refractivity contribution in [3.8, 4) is 0 Å². The van der Waals surface area contributed by atoms with Gasteiger partial charge in [0.1, 0.15) is 5.69 Å². The molecule has 0 bridgehead atoms. The maximum absolute atomic E-state index is 13.2. The molecule has 3 nitrogen and oxygen atoms in total. The number of carbonyl (C=O) groups is 1. The van der Waals surface area contributed by atoms with E-state index in [0.717, 1.165) is 37.9 Å². The fourth-order valence-electron chi connectivity index (χ4n) is 3.18. The van der Waals surface area contributed by atoms with Crippen molar-refractivity contribution in [1.82, 2.24) is 9.88 Å². The van der Waals surface area contributed by atoms with Crippen LogP contribution in [0.15, 0.2) is 36.5 Å². The van der Waals surface area contributed by atoms with Crippen LogP contribution in [-0.4, -0.2) is 28.9 Å². The molecule has 1 unspecified atom stereocenters. The minimum atomic E-state index is -0.811. The van der Waals surface area contributed by atoms with E-state index in [2.05, 4.69) is 4.98 Å². The third kappa shape index (κ3) is 3.78. The molecule has 2 aromatic rings. The first kappa shape index (κ1) is 15.7. The molecule has 122 valence electrons. The summed E-state index contributed by atoms with van der Waals surface area (Å²) in [5.74, 6) is -1.17. The minimum Gasteiger partial charge on any atom is -0.357 e. The summed E-state index contributed by atoms with van der Waals surface area (Å²) in [6.45, 7) is 1.50. The third-order valence-electron chi connectivity index (χ3n) is 4.46. The van der Waals surface area contributed by atoms with Crippen LogP contribution in [0, 0.1) is 17.6 Å². The average molecular weight is 318 g/mol. The van der Waals surface area contributed by atoms with E-state index in [1.165, 1.54) is 12.1 Å². The van der Waals surface area contributed by atoms with E-state index >= 15 is 0 Å². The van der Waals surface area contributed by atoms with E-state index in [1.54, 1.807) is 18.3 Å². The molecule has 5 heteroatoms. The van der Waals surface area contributed by atoms with E-state index in [-0.39, 0.29) is 5.91 Å². The molecule has 3 rings (SSSR count). The number of aromatic nitrogens is 1. The van der Waals surface area contributed by atoms with Gasteiger partial charge in [-0.2, -0.15) is 0 Å². The van der Waals surface area contributed by atoms with Crippen LogP contribution >= 0.6 is 0 Å². The Morgan fingerprint density at radius 3 is 2.87 bits per heavy atom. The van der Waals surface area contributed by atoms with Gasteiger partial charge in [0.25, 0.3) is 5.91 Å². The maximum atomic E-state index is 13.2. The molecule has 1 saturated heterocycles. The second kappa shape index (κ2) is 6.94. The molecule has 1 aliphatic rings. The molecule has 0 aliphatic carbocycles. The van der Waals surface area contributed by atoms with E-state index in [4.69, 9.17) is 0 Å². The predicted octanol–water partition coefficient (Wildman–Crippen LogP) is 3.78. The molecule has 1 aliphatic heterocycles. The van der Waals surface area contributed by atoms with Gasteiger partial charge >= 0.3 is 0 Å². The van der Waals surface area contributed by atoms with Crippen LogP contribution in [-0.2, 0) is 6.42 Å². The molecule has 0 saturated carbocycles. The van der Waals surface area contributed by atoms with Crippen molar-refractivity contribution < 1.29 is 13.6 Å². The van der Waals surface area contributed by atoms with Gasteiger partial charge in [-0.15, -0.1) is 0 Å². The molecule has 0 spiro atoms. The van der Waals surface area contributed by atoms with Crippen molar-refractivity contribution in [3.63, 3.8) is 0 Å². The van der Waals surface area contributed by atoms with Crippen LogP contribution in [0.3, 0.4) is 0 Å². The van der Waals surface area contributed by atoms with Crippen LogP contribution in [0.1, 0.15) is 35.3 Å². The molecule has 1 atom stereocenters. The van der Waals surface area contributed by atoms with Crippen molar-refractivity contribution in [1.29, 1.82) is 0 Å². The van der Waals surface area contributed by atoms with Crippen molar-refractivity contribution in [2.45, 2.75) is 25.7 Å². The van der Waals surface area contributed by atoms with Gasteiger partial charge in [0.15, 0.2) is 11.6 Å². The second-order valence-corrected chi connectivity index (χ2v) is 6.13. The Morgan fingerprint density at radius 2 is 2.13 bits per heavy atom. The lowest BCUT2D eigenvalue weighted by atomic mass is 9.91. The van der Waals surface area contributed by atoms with Crippen molar-refractivity contribution in [2.24, 2.45) is 5.92 Å². The van der Waals surface area contributed by atoms with Gasteiger partial charge in [-0.25, -0.2) is 8.78 Å². The molecule has 2 heterocycles. The Hall–Kier alpha value is -2.17. The topological polar surface area (TPSA) is 36.1 Å². The highest BCUT2D eigenvalue weighted by atomic mass is 19.2. The lowest BCUT2D eigenvalue weighted by Gasteiger charge is -2.32. The van der Waals surface area contributed by atoms with E-state index in [0.29, 0.717) is 18.0 Å². The Labute approximate surface area is 134 Å². The Bertz CT molecular complexity index is 670. The first-order valence-electron chi connectivity index (χ1n) is 8.00. The summed E-state index contributed by atoms with van der Waals surface area (Å²) in [5, 5.41) is 0. The molecular formula is C18H20F2N2O. The van der Waals surface area contributed by atoms with Crippen LogP contribution in [0.5, 0.6) is 0 Å². The summed E-state index contributed by atoms with van der Waals surface area (Å²) in [6, 6.07) is 7.67. The van der Waals surface area contributed by atoms with Gasteiger partial charge in [-0.1, -0.05) is 6.07 Å². The quantitative estimate of drug-likeness (QED) is 0.915. The number of hydrogen-bond acceptors (Lipinski definition) is 1. The van der Waals surface area contributed by atoms with Gasteiger partial charge in [0, 0.05) is 19.3 Å². The summed E-state index contributed by atoms with van der Waals surface area (Å²) in [5.41, 5.74) is 1.42. The van der Waals surface area contributed by atoms with Crippen molar-refractivity contribution in [2.75, 3.05) is 13.1 Å². The lowest BCUT2D eigenvalue weighted by molar-refractivity contribution is 0.0663. The third-order valence-corrected chi connectivity index (χ3v) is 4.46. The summed E-state index contributed by atoms with van der Waals surface area (Å²) in [7, 11) is 0. The monoisotopic (exact) mass is 318 g/mol. The van der Waals surface area contributed by atoms with Gasteiger partial charge in [0.05, 0.1) is 0 Å². The molecule has 1 aromatic heterocycles. The van der Waals surface area contributed by atoms with Crippen LogP contribution in [0.25, 0.3) is 0 Å². The molecule has 1 aromatic carbocycles. The number of amides is 1. The van der Waals surface area contributed by atoms with Crippen molar-refractivity contribution >= 4 is 5.91 Å². The van der Waals surface area contributed by atoms with E-state index in [9.17, 15) is 13.6 Å². The first-order valence-corrected chi connectivity index (χ1v) is 8.00. The zero-order valence-corrected chi connectivity index (χ0v) is 12.9. The predicted molar refractivity (Wildman–Crippen MR) is 84.1 cm³/mol. The standard InChI is InChI=1S/C18H20F2N2O/c19-15-8-7-13(11-16(15)20)5-6-14-3-2-10-22(12-14)18(23)17-4-1-9-21-17/h1,4,7-9,11,14,21H,2-3,5-6,10,12H2. The van der Waals surface area contributed by atoms with Crippen LogP contribution in [0.4, 0.5) is 8.78 Å². The summed E-state index contributed by atoms with van der Waals surface area (Å²) < 4.78 is 26.2. The summed E-state index contributed by atoms with van der Waals surface area (Å²) >= 11 is 0. The number of nitrogens with one attached hydrogen (secondary N) is 1. The van der Waals surface area contributed by atoms with E-state index < -0.39 is 11.6 Å². The van der Waals surface area contributed by atoms with Crippen LogP contribution < -0.4 is 0 Å². The zero-order valence-electron chi connectivity index (χ0n) is 12.9. The van der Waals surface area contributed by atoms with Gasteiger partial charge in [-0.05, 0) is 61.4 Å². The largest absolute Gasteiger partial charge is 0.357 e. The molecule has 1 N–H and O–H groups in total. The number of aryl methyl sites for hydroxylation is 1. The number of aromatic amines is 1. The molecule has 0 radical (unpaired) electrons. The average Bonchev–Trinajstić information content (AvgIpc) is 3.10. The van der Waals surface area contributed by atoms with E-state index in [1.807, 2.05) is 11.0 Å². The van der Waals surface area contributed by atoms with Crippen molar-refractivity contribution in [3.05, 3.63) is 59.4 Å². The summed E-state index contributed by atoms with van der Waals surface area (Å²) in [6.07, 6.45) is 5.37. The Morgan fingerprint density at radius 1 is 1.26 bits per heavy atom. The first-order chi connectivity index (χ1) is 11.1. The number of likely N-dealkylation sites (tertiary alicyclic amines) is 1. The number of carbonyl (C=O) groups excluding carboxylic acids is 1. The highest BCUT2D eigenvalue weighted by molar-refractivity contribution is 5.92. The summed E-state index contributed by atoms with van der Waals surface area (Å²) in [4.78, 5) is 17.2. The Kier molecular flexibility index (Phi) is 4.74. The molecule has 23 heavy (non-hydrogen) atoms. The SMILES string of the molecule is O=C(c1ccc[nH]1)N1CCCC(CCc2ccc(F)c(F)c2)C1. The zero-order chi connectivity index (χ0) is 16.2. The van der Waals surface area contributed by atoms with Gasteiger partial charge in [-0.3, -0.25) is 4.79 Å². The van der Waals surface area contributed by atoms with Gasteiger partial charge < -0.3 is 9.88 Å². The number of hydrogen-bond donors (Lipinski definition) is 1. The lowest BCUT2D eigenvalue weighted by Crippen LogP contribution is -2.40. The smallest absolute Gasteiger partial charge is 0.270 e.